The van der Waals surface area contributed by atoms with Gasteiger partial charge in [0.15, 0.2) is 12.6 Å². The van der Waals surface area contributed by atoms with Crippen molar-refractivity contribution in [3.05, 3.63) is 54.1 Å². The minimum Gasteiger partial charge on any atom is -0.497 e. The van der Waals surface area contributed by atoms with E-state index in [4.69, 9.17) is 4.74 Å². The number of halogens is 3. The summed E-state index contributed by atoms with van der Waals surface area (Å²) in [5, 5.41) is 5.37. The van der Waals surface area contributed by atoms with Gasteiger partial charge in [-0.2, -0.15) is 13.2 Å². The maximum absolute atomic E-state index is 12.6. The van der Waals surface area contributed by atoms with Crippen molar-refractivity contribution in [3.8, 4) is 5.75 Å². The molecule has 0 fully saturated rings. The summed E-state index contributed by atoms with van der Waals surface area (Å²) in [4.78, 5) is 25.6. The number of amides is 2. The summed E-state index contributed by atoms with van der Waals surface area (Å²) < 4.78 is 43.0. The van der Waals surface area contributed by atoms with E-state index in [2.05, 4.69) is 10.6 Å². The van der Waals surface area contributed by atoms with Gasteiger partial charge in [0.05, 0.1) is 19.2 Å². The van der Waals surface area contributed by atoms with Crippen LogP contribution in [0.3, 0.4) is 0 Å². The molecule has 6 nitrogen and oxygen atoms in total. The molecule has 162 valence electrons. The molecular weight excluding hydrogens is 399 g/mol. The van der Waals surface area contributed by atoms with E-state index < -0.39 is 17.8 Å². The fourth-order valence-corrected chi connectivity index (χ4v) is 2.85. The van der Waals surface area contributed by atoms with Gasteiger partial charge in [0.2, 0.25) is 0 Å². The Morgan fingerprint density at radius 3 is 2.03 bits per heavy atom. The number of hydrogen-bond donors (Lipinski definition) is 3. The van der Waals surface area contributed by atoms with Crippen molar-refractivity contribution in [2.24, 2.45) is 0 Å². The number of hydrogen-bond acceptors (Lipinski definition) is 3. The quantitative estimate of drug-likeness (QED) is 0.610. The highest BCUT2D eigenvalue weighted by Crippen LogP contribution is 2.29. The zero-order chi connectivity index (χ0) is 22.3. The van der Waals surface area contributed by atoms with E-state index in [1.54, 1.807) is 38.3 Å². The van der Waals surface area contributed by atoms with Crippen molar-refractivity contribution in [3.63, 3.8) is 0 Å². The number of methoxy groups -OCH3 is 1. The summed E-state index contributed by atoms with van der Waals surface area (Å²) >= 11 is 0. The monoisotopic (exact) mass is 424 g/mol. The van der Waals surface area contributed by atoms with E-state index in [0.717, 1.165) is 12.1 Å². The number of carbonyl (C=O) groups is 2. The number of likely N-dealkylation sites (N-methyl/N-ethyl adjacent to an activating group) is 1. The number of nitrogens with one attached hydrogen (secondary N) is 3. The van der Waals surface area contributed by atoms with Crippen LogP contribution in [0.1, 0.15) is 19.4 Å². The Bertz CT molecular complexity index is 853. The van der Waals surface area contributed by atoms with E-state index in [1.807, 2.05) is 6.92 Å². The Labute approximate surface area is 173 Å². The molecule has 2 aromatic carbocycles. The van der Waals surface area contributed by atoms with E-state index in [0.29, 0.717) is 22.9 Å². The van der Waals surface area contributed by atoms with Crippen molar-refractivity contribution in [1.82, 2.24) is 0 Å². The van der Waals surface area contributed by atoms with Gasteiger partial charge in [-0.1, -0.05) is 0 Å². The number of anilines is 2. The largest absolute Gasteiger partial charge is 0.497 e. The zero-order valence-electron chi connectivity index (χ0n) is 17.0. The predicted octanol–water partition coefficient (Wildman–Crippen LogP) is 2.58. The molecule has 0 radical (unpaired) electrons. The standard InChI is InChI=1S/C21H24F3N3O3/c1-4-27(13-19(28)25-16-9-11-18(30-3)12-10-16)14(2)20(29)26-17-7-5-15(6-8-17)21(22,23)24/h5-12,14H,4,13H2,1-3H3,(H,25,28)(H,26,29)/p+1/t14-/m1/s1. The molecule has 0 saturated heterocycles. The number of ether oxygens (including phenoxy) is 1. The van der Waals surface area contributed by atoms with E-state index >= 15 is 0 Å². The normalized spacial score (nSPS) is 13.3. The second-order valence-corrected chi connectivity index (χ2v) is 6.75. The maximum Gasteiger partial charge on any atom is 0.416 e. The lowest BCUT2D eigenvalue weighted by molar-refractivity contribution is -0.904. The molecule has 2 aromatic rings. The third-order valence-corrected chi connectivity index (χ3v) is 4.70. The molecule has 0 aliphatic rings. The van der Waals surface area contributed by atoms with Crippen LogP contribution >= 0.6 is 0 Å². The minimum atomic E-state index is -4.43. The van der Waals surface area contributed by atoms with Crippen molar-refractivity contribution in [1.29, 1.82) is 0 Å². The smallest absolute Gasteiger partial charge is 0.416 e. The summed E-state index contributed by atoms with van der Waals surface area (Å²) in [5.41, 5.74) is 0.0839. The molecule has 2 rings (SSSR count). The molecule has 0 bridgehead atoms. The SMILES string of the molecule is CC[NH+](CC(=O)Nc1ccc(OC)cc1)[C@H](C)C(=O)Nc1ccc(C(F)(F)F)cc1. The van der Waals surface area contributed by atoms with Crippen LogP contribution in [-0.2, 0) is 15.8 Å². The third kappa shape index (κ3) is 6.48. The van der Waals surface area contributed by atoms with Crippen LogP contribution in [0, 0.1) is 0 Å². The molecule has 0 aromatic heterocycles. The fraction of sp³-hybridized carbons (Fsp3) is 0.333. The van der Waals surface area contributed by atoms with Crippen LogP contribution in [0.15, 0.2) is 48.5 Å². The second-order valence-electron chi connectivity index (χ2n) is 6.75. The molecule has 0 heterocycles. The van der Waals surface area contributed by atoms with Gasteiger partial charge in [-0.25, -0.2) is 0 Å². The van der Waals surface area contributed by atoms with Crippen molar-refractivity contribution >= 4 is 23.2 Å². The Morgan fingerprint density at radius 2 is 1.53 bits per heavy atom. The summed E-state index contributed by atoms with van der Waals surface area (Å²) in [6.07, 6.45) is -4.43. The minimum absolute atomic E-state index is 0.0597. The highest BCUT2D eigenvalue weighted by atomic mass is 19.4. The van der Waals surface area contributed by atoms with Crippen LogP contribution in [0.4, 0.5) is 24.5 Å². The first kappa shape index (κ1) is 23.2. The number of carbonyl (C=O) groups excluding carboxylic acids is 2. The van der Waals surface area contributed by atoms with Crippen LogP contribution in [0.5, 0.6) is 5.75 Å². The first-order chi connectivity index (χ1) is 14.1. The van der Waals surface area contributed by atoms with Gasteiger partial charge >= 0.3 is 6.18 Å². The zero-order valence-corrected chi connectivity index (χ0v) is 17.0. The van der Waals surface area contributed by atoms with Crippen molar-refractivity contribution in [2.45, 2.75) is 26.1 Å². The molecular formula is C21H25F3N3O3+. The second kappa shape index (κ2) is 10.1. The van der Waals surface area contributed by atoms with Crippen LogP contribution in [0.2, 0.25) is 0 Å². The van der Waals surface area contributed by atoms with Gasteiger partial charge in [-0.3, -0.25) is 9.59 Å². The first-order valence-corrected chi connectivity index (χ1v) is 9.40. The lowest BCUT2D eigenvalue weighted by Crippen LogP contribution is -3.17. The van der Waals surface area contributed by atoms with E-state index in [9.17, 15) is 22.8 Å². The van der Waals surface area contributed by atoms with Crippen molar-refractivity contribution < 1.29 is 32.4 Å². The first-order valence-electron chi connectivity index (χ1n) is 9.40. The van der Waals surface area contributed by atoms with Gasteiger partial charge in [0.25, 0.3) is 11.8 Å². The Balaban J connectivity index is 1.94. The number of benzene rings is 2. The highest BCUT2D eigenvalue weighted by molar-refractivity contribution is 5.94. The summed E-state index contributed by atoms with van der Waals surface area (Å²) in [6, 6.07) is 10.5. The molecule has 2 atom stereocenters. The van der Waals surface area contributed by atoms with Crippen LogP contribution in [-0.4, -0.2) is 38.1 Å². The number of quaternary nitrogens is 1. The molecule has 1 unspecified atom stereocenters. The van der Waals surface area contributed by atoms with Gasteiger partial charge in [-0.15, -0.1) is 0 Å². The van der Waals surface area contributed by atoms with Crippen LogP contribution < -0.4 is 20.3 Å². The summed E-state index contributed by atoms with van der Waals surface area (Å²) in [6.45, 7) is 4.08. The lowest BCUT2D eigenvalue weighted by Gasteiger charge is -2.23. The van der Waals surface area contributed by atoms with Gasteiger partial charge < -0.3 is 20.3 Å². The maximum atomic E-state index is 12.6. The molecule has 0 spiro atoms. The summed E-state index contributed by atoms with van der Waals surface area (Å²) in [5.74, 6) is 0.0254. The Hall–Kier alpha value is -3.07. The fourth-order valence-electron chi connectivity index (χ4n) is 2.85. The number of rotatable bonds is 8. The Kier molecular flexibility index (Phi) is 7.82. The van der Waals surface area contributed by atoms with Gasteiger partial charge in [0.1, 0.15) is 5.75 Å². The average molecular weight is 424 g/mol. The molecule has 30 heavy (non-hydrogen) atoms. The molecule has 3 N–H and O–H groups in total. The molecule has 2 amide bonds. The molecule has 0 saturated carbocycles. The third-order valence-electron chi connectivity index (χ3n) is 4.70. The predicted molar refractivity (Wildman–Crippen MR) is 108 cm³/mol. The molecule has 9 heteroatoms. The van der Waals surface area contributed by atoms with Crippen molar-refractivity contribution in [2.75, 3.05) is 30.8 Å². The van der Waals surface area contributed by atoms with E-state index in [1.165, 1.54) is 12.1 Å². The highest BCUT2D eigenvalue weighted by Gasteiger charge is 2.30. The number of alkyl halides is 3. The topological polar surface area (TPSA) is 71.9 Å². The van der Waals surface area contributed by atoms with Crippen LogP contribution in [0.25, 0.3) is 0 Å². The van der Waals surface area contributed by atoms with Gasteiger partial charge in [-0.05, 0) is 62.4 Å². The van der Waals surface area contributed by atoms with Gasteiger partial charge in [0, 0.05) is 11.4 Å². The van der Waals surface area contributed by atoms with E-state index in [-0.39, 0.29) is 24.0 Å². The molecule has 0 aliphatic heterocycles. The molecule has 0 aliphatic carbocycles. The average Bonchev–Trinajstić information content (AvgIpc) is 2.71. The lowest BCUT2D eigenvalue weighted by atomic mass is 10.2. The summed E-state index contributed by atoms with van der Waals surface area (Å²) in [7, 11) is 1.55. The Morgan fingerprint density at radius 1 is 1.00 bits per heavy atom.